The predicted molar refractivity (Wildman–Crippen MR) is 67.7 cm³/mol. The lowest BCUT2D eigenvalue weighted by Crippen LogP contribution is -2.44. The first-order chi connectivity index (χ1) is 8.33. The Morgan fingerprint density at radius 1 is 1.12 bits per heavy atom. The number of hydrogen-bond donors (Lipinski definition) is 1. The van der Waals surface area contributed by atoms with E-state index >= 15 is 0 Å². The van der Waals surface area contributed by atoms with Crippen molar-refractivity contribution in [3.05, 3.63) is 0 Å². The van der Waals surface area contributed by atoms with Gasteiger partial charge >= 0.3 is 5.97 Å². The van der Waals surface area contributed by atoms with Crippen LogP contribution < -0.4 is 5.32 Å². The molecule has 1 aliphatic carbocycles. The quantitative estimate of drug-likeness (QED) is 0.594. The molecule has 2 atom stereocenters. The summed E-state index contributed by atoms with van der Waals surface area (Å²) in [5.74, 6) is 1.40. The summed E-state index contributed by atoms with van der Waals surface area (Å²) in [7, 11) is 1.51. The van der Waals surface area contributed by atoms with E-state index in [1.807, 2.05) is 0 Å². The van der Waals surface area contributed by atoms with Gasteiger partial charge in [-0.25, -0.2) is 0 Å². The second-order valence-electron chi connectivity index (χ2n) is 5.54. The smallest absolute Gasteiger partial charge is 0.310 e. The van der Waals surface area contributed by atoms with Gasteiger partial charge in [0, 0.05) is 6.54 Å². The van der Waals surface area contributed by atoms with Crippen molar-refractivity contribution in [3.8, 4) is 0 Å². The molecule has 0 aromatic rings. The largest absolute Gasteiger partial charge is 0.469 e. The van der Waals surface area contributed by atoms with Crippen LogP contribution in [0.3, 0.4) is 0 Å². The minimum absolute atomic E-state index is 0.00792. The second-order valence-corrected chi connectivity index (χ2v) is 5.54. The molecule has 17 heavy (non-hydrogen) atoms. The average molecular weight is 239 g/mol. The third-order valence-corrected chi connectivity index (χ3v) is 4.54. The van der Waals surface area contributed by atoms with Gasteiger partial charge in [-0.2, -0.15) is 0 Å². The van der Waals surface area contributed by atoms with Crippen molar-refractivity contribution in [3.63, 3.8) is 0 Å². The highest BCUT2D eigenvalue weighted by atomic mass is 16.5. The van der Waals surface area contributed by atoms with Crippen molar-refractivity contribution in [2.24, 2.45) is 17.8 Å². The fourth-order valence-electron chi connectivity index (χ4n) is 3.59. The van der Waals surface area contributed by atoms with Gasteiger partial charge in [0.15, 0.2) is 0 Å². The zero-order valence-electron chi connectivity index (χ0n) is 10.9. The molecule has 0 spiro atoms. The lowest BCUT2D eigenvalue weighted by molar-refractivity contribution is -0.149. The van der Waals surface area contributed by atoms with Crippen molar-refractivity contribution in [1.82, 2.24) is 5.32 Å². The summed E-state index contributed by atoms with van der Waals surface area (Å²) >= 11 is 0. The molecule has 2 rings (SSSR count). The first kappa shape index (κ1) is 12.9. The van der Waals surface area contributed by atoms with E-state index in [0.717, 1.165) is 25.4 Å². The highest BCUT2D eigenvalue weighted by Gasteiger charge is 2.36. The summed E-state index contributed by atoms with van der Waals surface area (Å²) in [4.78, 5) is 11.8. The third kappa shape index (κ3) is 3.21. The van der Waals surface area contributed by atoms with E-state index < -0.39 is 0 Å². The van der Waals surface area contributed by atoms with Crippen LogP contribution in [0.1, 0.15) is 44.9 Å². The molecule has 0 aromatic carbocycles. The fraction of sp³-hybridized carbons (Fsp3) is 0.929. The van der Waals surface area contributed by atoms with E-state index in [2.05, 4.69) is 5.32 Å². The number of carbonyl (C=O) groups is 1. The third-order valence-electron chi connectivity index (χ3n) is 4.54. The van der Waals surface area contributed by atoms with Crippen LogP contribution in [0, 0.1) is 17.8 Å². The fourth-order valence-corrected chi connectivity index (χ4v) is 3.59. The molecule has 1 aliphatic heterocycles. The minimum Gasteiger partial charge on any atom is -0.469 e. The number of piperidine rings is 1. The van der Waals surface area contributed by atoms with Crippen molar-refractivity contribution >= 4 is 5.97 Å². The molecule has 0 bridgehead atoms. The molecule has 2 aliphatic rings. The SMILES string of the molecule is COC(=O)C1CNCCC1C1CCCCCC1. The van der Waals surface area contributed by atoms with Crippen LogP contribution in [0.4, 0.5) is 0 Å². The Morgan fingerprint density at radius 2 is 1.82 bits per heavy atom. The van der Waals surface area contributed by atoms with E-state index in [-0.39, 0.29) is 11.9 Å². The van der Waals surface area contributed by atoms with Gasteiger partial charge < -0.3 is 10.1 Å². The van der Waals surface area contributed by atoms with E-state index in [9.17, 15) is 4.79 Å². The molecular weight excluding hydrogens is 214 g/mol. The number of esters is 1. The van der Waals surface area contributed by atoms with Crippen molar-refractivity contribution < 1.29 is 9.53 Å². The molecule has 0 radical (unpaired) electrons. The molecule has 0 aromatic heterocycles. The van der Waals surface area contributed by atoms with Crippen LogP contribution in [-0.2, 0) is 9.53 Å². The number of ether oxygens (including phenoxy) is 1. The Labute approximate surface area is 104 Å². The van der Waals surface area contributed by atoms with E-state index in [1.165, 1.54) is 45.6 Å². The first-order valence-electron chi connectivity index (χ1n) is 7.11. The molecule has 1 N–H and O–H groups in total. The maximum atomic E-state index is 11.8. The topological polar surface area (TPSA) is 38.3 Å². The van der Waals surface area contributed by atoms with Crippen molar-refractivity contribution in [2.75, 3.05) is 20.2 Å². The van der Waals surface area contributed by atoms with Gasteiger partial charge in [-0.3, -0.25) is 4.79 Å². The highest BCUT2D eigenvalue weighted by Crippen LogP contribution is 2.36. The zero-order chi connectivity index (χ0) is 12.1. The van der Waals surface area contributed by atoms with Crippen molar-refractivity contribution in [2.45, 2.75) is 44.9 Å². The van der Waals surface area contributed by atoms with E-state index in [1.54, 1.807) is 0 Å². The molecule has 2 unspecified atom stereocenters. The average Bonchev–Trinajstić information content (AvgIpc) is 2.66. The van der Waals surface area contributed by atoms with E-state index in [4.69, 9.17) is 4.74 Å². The lowest BCUT2D eigenvalue weighted by Gasteiger charge is -2.35. The molecule has 98 valence electrons. The molecular formula is C14H25NO2. The van der Waals surface area contributed by atoms with Crippen LogP contribution >= 0.6 is 0 Å². The Kier molecular flexibility index (Phi) is 4.84. The number of hydrogen-bond acceptors (Lipinski definition) is 3. The number of nitrogens with one attached hydrogen (secondary N) is 1. The Morgan fingerprint density at radius 3 is 2.47 bits per heavy atom. The maximum absolute atomic E-state index is 11.8. The summed E-state index contributed by atoms with van der Waals surface area (Å²) in [5, 5.41) is 3.33. The standard InChI is InChI=1S/C14H25NO2/c1-17-14(16)13-10-15-9-8-12(13)11-6-4-2-3-5-7-11/h11-13,15H,2-10H2,1H3. The zero-order valence-corrected chi connectivity index (χ0v) is 10.9. The second kappa shape index (κ2) is 6.39. The molecule has 3 heteroatoms. The highest BCUT2D eigenvalue weighted by molar-refractivity contribution is 5.73. The van der Waals surface area contributed by atoms with Crippen LogP contribution in [0.5, 0.6) is 0 Å². The molecule has 3 nitrogen and oxygen atoms in total. The Hall–Kier alpha value is -0.570. The van der Waals surface area contributed by atoms with Gasteiger partial charge in [0.1, 0.15) is 0 Å². The lowest BCUT2D eigenvalue weighted by atomic mass is 9.74. The van der Waals surface area contributed by atoms with E-state index in [0.29, 0.717) is 5.92 Å². The normalized spacial score (nSPS) is 31.8. The minimum atomic E-state index is -0.00792. The van der Waals surface area contributed by atoms with Gasteiger partial charge in [0.05, 0.1) is 13.0 Å². The number of carbonyl (C=O) groups excluding carboxylic acids is 1. The van der Waals surface area contributed by atoms with Crippen LogP contribution in [0.2, 0.25) is 0 Å². The Balaban J connectivity index is 2.01. The van der Waals surface area contributed by atoms with Crippen LogP contribution in [0.25, 0.3) is 0 Å². The summed E-state index contributed by atoms with van der Waals surface area (Å²) in [6.45, 7) is 1.88. The van der Waals surface area contributed by atoms with Gasteiger partial charge in [0.25, 0.3) is 0 Å². The molecule has 1 saturated heterocycles. The predicted octanol–water partition coefficient (Wildman–Crippen LogP) is 2.36. The Bertz CT molecular complexity index is 247. The van der Waals surface area contributed by atoms with Crippen molar-refractivity contribution in [1.29, 1.82) is 0 Å². The van der Waals surface area contributed by atoms with Gasteiger partial charge in [-0.05, 0) is 24.8 Å². The molecule has 0 amide bonds. The van der Waals surface area contributed by atoms with Gasteiger partial charge in [0.2, 0.25) is 0 Å². The van der Waals surface area contributed by atoms with Crippen LogP contribution in [-0.4, -0.2) is 26.2 Å². The number of rotatable bonds is 2. The summed E-state index contributed by atoms with van der Waals surface area (Å²) in [6.07, 6.45) is 9.24. The molecule has 1 saturated carbocycles. The first-order valence-corrected chi connectivity index (χ1v) is 7.11. The van der Waals surface area contributed by atoms with Gasteiger partial charge in [-0.15, -0.1) is 0 Å². The maximum Gasteiger partial charge on any atom is 0.310 e. The monoisotopic (exact) mass is 239 g/mol. The van der Waals surface area contributed by atoms with Crippen LogP contribution in [0.15, 0.2) is 0 Å². The van der Waals surface area contributed by atoms with Gasteiger partial charge in [-0.1, -0.05) is 38.5 Å². The molecule has 2 fully saturated rings. The summed E-state index contributed by atoms with van der Waals surface area (Å²) < 4.78 is 4.96. The summed E-state index contributed by atoms with van der Waals surface area (Å²) in [6, 6.07) is 0. The molecule has 1 heterocycles. The summed E-state index contributed by atoms with van der Waals surface area (Å²) in [5.41, 5.74) is 0. The number of methoxy groups -OCH3 is 1.